The SMILES string of the molecule is Cc1nc(Nc2cc(C)on2)cc(Nc2ccccc2F)n1. The summed E-state index contributed by atoms with van der Waals surface area (Å²) < 4.78 is 18.7. The summed E-state index contributed by atoms with van der Waals surface area (Å²) in [6, 6.07) is 9.82. The predicted molar refractivity (Wildman–Crippen MR) is 81.0 cm³/mol. The number of nitrogens with one attached hydrogen (secondary N) is 2. The van der Waals surface area contributed by atoms with Crippen molar-refractivity contribution < 1.29 is 8.91 Å². The van der Waals surface area contributed by atoms with E-state index >= 15 is 0 Å². The van der Waals surface area contributed by atoms with E-state index in [9.17, 15) is 4.39 Å². The summed E-state index contributed by atoms with van der Waals surface area (Å²) in [6.07, 6.45) is 0. The van der Waals surface area contributed by atoms with Crippen molar-refractivity contribution in [3.8, 4) is 0 Å². The third kappa shape index (κ3) is 3.20. The highest BCUT2D eigenvalue weighted by Crippen LogP contribution is 2.21. The van der Waals surface area contributed by atoms with E-state index in [1.807, 2.05) is 0 Å². The summed E-state index contributed by atoms with van der Waals surface area (Å²) in [4.78, 5) is 8.51. The molecule has 2 heterocycles. The minimum atomic E-state index is -0.347. The standard InChI is InChI=1S/C15H14FN5O/c1-9-7-15(21-22-9)20-14-8-13(17-10(2)18-14)19-12-6-4-3-5-11(12)16/h3-8H,1-2H3,(H2,17,18,19,20,21). The van der Waals surface area contributed by atoms with Crippen molar-refractivity contribution in [2.24, 2.45) is 0 Å². The zero-order valence-electron chi connectivity index (χ0n) is 12.1. The van der Waals surface area contributed by atoms with Crippen LogP contribution in [0.3, 0.4) is 0 Å². The van der Waals surface area contributed by atoms with Crippen molar-refractivity contribution in [2.75, 3.05) is 10.6 Å². The Hall–Kier alpha value is -2.96. The number of hydrogen-bond acceptors (Lipinski definition) is 6. The molecule has 3 aromatic rings. The van der Waals surface area contributed by atoms with Gasteiger partial charge in [0.15, 0.2) is 5.82 Å². The number of anilines is 4. The Bertz CT molecular complexity index is 802. The van der Waals surface area contributed by atoms with Crippen molar-refractivity contribution in [1.29, 1.82) is 0 Å². The number of aryl methyl sites for hydroxylation is 2. The van der Waals surface area contributed by atoms with Gasteiger partial charge in [-0.2, -0.15) is 0 Å². The van der Waals surface area contributed by atoms with Crippen molar-refractivity contribution in [3.05, 3.63) is 53.8 Å². The minimum Gasteiger partial charge on any atom is -0.360 e. The fourth-order valence-electron chi connectivity index (χ4n) is 1.95. The molecule has 0 aliphatic rings. The number of halogens is 1. The average molecular weight is 299 g/mol. The second-order valence-electron chi connectivity index (χ2n) is 4.74. The van der Waals surface area contributed by atoms with E-state index in [2.05, 4.69) is 25.8 Å². The number of aromatic nitrogens is 3. The van der Waals surface area contributed by atoms with E-state index < -0.39 is 0 Å². The molecule has 0 unspecified atom stereocenters. The first-order valence-electron chi connectivity index (χ1n) is 6.68. The molecule has 3 rings (SSSR count). The van der Waals surface area contributed by atoms with Gasteiger partial charge in [-0.05, 0) is 26.0 Å². The molecule has 0 aliphatic heterocycles. The van der Waals surface area contributed by atoms with E-state index in [0.717, 1.165) is 0 Å². The van der Waals surface area contributed by atoms with E-state index in [-0.39, 0.29) is 5.82 Å². The lowest BCUT2D eigenvalue weighted by Crippen LogP contribution is -2.02. The number of benzene rings is 1. The van der Waals surface area contributed by atoms with Gasteiger partial charge in [-0.15, -0.1) is 0 Å². The van der Waals surface area contributed by atoms with Crippen LogP contribution < -0.4 is 10.6 Å². The molecule has 0 saturated heterocycles. The first-order valence-corrected chi connectivity index (χ1v) is 6.68. The molecule has 2 N–H and O–H groups in total. The zero-order chi connectivity index (χ0) is 15.5. The smallest absolute Gasteiger partial charge is 0.175 e. The normalized spacial score (nSPS) is 10.5. The lowest BCUT2D eigenvalue weighted by molar-refractivity contribution is 0.400. The minimum absolute atomic E-state index is 0.347. The lowest BCUT2D eigenvalue weighted by atomic mass is 10.3. The molecule has 0 bridgehead atoms. The first kappa shape index (κ1) is 14.0. The third-order valence-corrected chi connectivity index (χ3v) is 2.86. The molecule has 0 atom stereocenters. The van der Waals surface area contributed by atoms with Crippen LogP contribution in [-0.2, 0) is 0 Å². The quantitative estimate of drug-likeness (QED) is 0.765. The van der Waals surface area contributed by atoms with Gasteiger partial charge in [0.2, 0.25) is 0 Å². The Morgan fingerprint density at radius 1 is 0.955 bits per heavy atom. The molecule has 112 valence electrons. The number of rotatable bonds is 4. The van der Waals surface area contributed by atoms with Crippen LogP contribution in [0, 0.1) is 19.7 Å². The van der Waals surface area contributed by atoms with Crippen molar-refractivity contribution in [2.45, 2.75) is 13.8 Å². The Balaban J connectivity index is 1.85. The predicted octanol–water partition coefficient (Wildman–Crippen LogP) is 3.71. The molecule has 1 aromatic carbocycles. The van der Waals surface area contributed by atoms with Gasteiger partial charge in [0.05, 0.1) is 5.69 Å². The maximum atomic E-state index is 13.7. The molecule has 7 heteroatoms. The van der Waals surface area contributed by atoms with Crippen LogP contribution in [0.2, 0.25) is 0 Å². The maximum Gasteiger partial charge on any atom is 0.175 e. The van der Waals surface area contributed by atoms with Crippen LogP contribution in [0.15, 0.2) is 40.9 Å². The summed E-state index contributed by atoms with van der Waals surface area (Å²) >= 11 is 0. The van der Waals surface area contributed by atoms with Crippen LogP contribution in [-0.4, -0.2) is 15.1 Å². The van der Waals surface area contributed by atoms with Gasteiger partial charge in [0, 0.05) is 12.1 Å². The molecule has 22 heavy (non-hydrogen) atoms. The molecule has 6 nitrogen and oxygen atoms in total. The highest BCUT2D eigenvalue weighted by Gasteiger charge is 2.07. The third-order valence-electron chi connectivity index (χ3n) is 2.86. The molecule has 0 amide bonds. The highest BCUT2D eigenvalue weighted by atomic mass is 19.1. The second kappa shape index (κ2) is 5.80. The van der Waals surface area contributed by atoms with Crippen LogP contribution in [0.4, 0.5) is 27.5 Å². The van der Waals surface area contributed by atoms with Gasteiger partial charge < -0.3 is 15.2 Å². The van der Waals surface area contributed by atoms with Crippen LogP contribution in [0.25, 0.3) is 0 Å². The number of nitrogens with zero attached hydrogens (tertiary/aromatic N) is 3. The van der Waals surface area contributed by atoms with Crippen LogP contribution >= 0.6 is 0 Å². The molecule has 0 spiro atoms. The number of hydrogen-bond donors (Lipinski definition) is 2. The van der Waals surface area contributed by atoms with E-state index in [4.69, 9.17) is 4.52 Å². The van der Waals surface area contributed by atoms with Crippen molar-refractivity contribution >= 4 is 23.1 Å². The van der Waals surface area contributed by atoms with Crippen LogP contribution in [0.1, 0.15) is 11.6 Å². The Morgan fingerprint density at radius 3 is 2.36 bits per heavy atom. The molecule has 0 aliphatic carbocycles. The molecule has 2 aromatic heterocycles. The highest BCUT2D eigenvalue weighted by molar-refractivity contribution is 5.62. The van der Waals surface area contributed by atoms with Gasteiger partial charge in [-0.1, -0.05) is 17.3 Å². The lowest BCUT2D eigenvalue weighted by Gasteiger charge is -2.09. The van der Waals surface area contributed by atoms with Gasteiger partial charge in [-0.3, -0.25) is 0 Å². The fourth-order valence-corrected chi connectivity index (χ4v) is 1.95. The average Bonchev–Trinajstić information content (AvgIpc) is 2.86. The van der Waals surface area contributed by atoms with Gasteiger partial charge >= 0.3 is 0 Å². The monoisotopic (exact) mass is 299 g/mol. The van der Waals surface area contributed by atoms with E-state index in [1.54, 1.807) is 44.2 Å². The topological polar surface area (TPSA) is 75.9 Å². The van der Waals surface area contributed by atoms with Crippen LogP contribution in [0.5, 0.6) is 0 Å². The summed E-state index contributed by atoms with van der Waals surface area (Å²) in [5, 5.41) is 9.79. The van der Waals surface area contributed by atoms with E-state index in [0.29, 0.717) is 34.7 Å². The maximum absolute atomic E-state index is 13.7. The zero-order valence-corrected chi connectivity index (χ0v) is 12.1. The van der Waals surface area contributed by atoms with Crippen molar-refractivity contribution in [3.63, 3.8) is 0 Å². The largest absolute Gasteiger partial charge is 0.360 e. The number of para-hydroxylation sites is 1. The molecule has 0 radical (unpaired) electrons. The van der Waals surface area contributed by atoms with E-state index in [1.165, 1.54) is 6.07 Å². The summed E-state index contributed by atoms with van der Waals surface area (Å²) in [5.41, 5.74) is 0.351. The van der Waals surface area contributed by atoms with Crippen molar-refractivity contribution in [1.82, 2.24) is 15.1 Å². The molecular weight excluding hydrogens is 285 g/mol. The second-order valence-corrected chi connectivity index (χ2v) is 4.74. The Morgan fingerprint density at radius 2 is 1.68 bits per heavy atom. The van der Waals surface area contributed by atoms with Gasteiger partial charge in [0.1, 0.15) is 29.0 Å². The molecule has 0 saturated carbocycles. The fraction of sp³-hybridized carbons (Fsp3) is 0.133. The summed E-state index contributed by atoms with van der Waals surface area (Å²) in [5.74, 6) is 2.47. The first-order chi connectivity index (χ1) is 10.6. The van der Waals surface area contributed by atoms with Gasteiger partial charge in [0.25, 0.3) is 0 Å². The van der Waals surface area contributed by atoms with Gasteiger partial charge in [-0.25, -0.2) is 14.4 Å². The molecular formula is C15H14FN5O. The summed E-state index contributed by atoms with van der Waals surface area (Å²) in [6.45, 7) is 3.56. The summed E-state index contributed by atoms with van der Waals surface area (Å²) in [7, 11) is 0. The Kier molecular flexibility index (Phi) is 3.69. The Labute approximate surface area is 126 Å². The molecule has 0 fully saturated rings.